The molecule has 18 heavy (non-hydrogen) atoms. The van der Waals surface area contributed by atoms with Crippen LogP contribution >= 0.6 is 11.6 Å². The van der Waals surface area contributed by atoms with Gasteiger partial charge in [-0.25, -0.2) is 4.39 Å². The van der Waals surface area contributed by atoms with Crippen LogP contribution in [0.4, 0.5) is 17.6 Å². The van der Waals surface area contributed by atoms with Crippen LogP contribution < -0.4 is 5.32 Å². The molecular formula is C12H12ClF4N. The lowest BCUT2D eigenvalue weighted by Gasteiger charge is -2.27. The highest BCUT2D eigenvalue weighted by Crippen LogP contribution is 2.39. The second kappa shape index (κ2) is 5.05. The Morgan fingerprint density at radius 1 is 1.22 bits per heavy atom. The molecule has 1 aromatic carbocycles. The highest BCUT2D eigenvalue weighted by Gasteiger charge is 2.37. The summed E-state index contributed by atoms with van der Waals surface area (Å²) < 4.78 is 52.5. The van der Waals surface area contributed by atoms with E-state index in [2.05, 4.69) is 5.32 Å². The fourth-order valence-corrected chi connectivity index (χ4v) is 2.42. The Kier molecular flexibility index (Phi) is 3.82. The molecule has 0 amide bonds. The van der Waals surface area contributed by atoms with E-state index in [4.69, 9.17) is 11.6 Å². The summed E-state index contributed by atoms with van der Waals surface area (Å²) in [6.45, 7) is 0.591. The number of halogens is 5. The first-order chi connectivity index (χ1) is 8.41. The van der Waals surface area contributed by atoms with Gasteiger partial charge in [0.1, 0.15) is 5.82 Å². The Hall–Kier alpha value is -0.810. The second-order valence-corrected chi connectivity index (χ2v) is 4.73. The lowest BCUT2D eigenvalue weighted by molar-refractivity contribution is -0.138. The highest BCUT2D eigenvalue weighted by atomic mass is 35.5. The minimum Gasteiger partial charge on any atom is -0.310 e. The fourth-order valence-electron chi connectivity index (χ4n) is 2.25. The van der Waals surface area contributed by atoms with Crippen molar-refractivity contribution in [1.29, 1.82) is 0 Å². The van der Waals surface area contributed by atoms with E-state index in [1.165, 1.54) is 0 Å². The van der Waals surface area contributed by atoms with Gasteiger partial charge in [-0.05, 0) is 31.5 Å². The zero-order chi connectivity index (χ0) is 13.3. The average Bonchev–Trinajstić information content (AvgIpc) is 2.32. The molecule has 6 heteroatoms. The van der Waals surface area contributed by atoms with Crippen molar-refractivity contribution >= 4 is 11.6 Å². The molecule has 1 heterocycles. The zero-order valence-corrected chi connectivity index (χ0v) is 10.2. The molecule has 100 valence electrons. The molecule has 1 saturated heterocycles. The average molecular weight is 282 g/mol. The van der Waals surface area contributed by atoms with Crippen molar-refractivity contribution < 1.29 is 17.6 Å². The second-order valence-electron chi connectivity index (χ2n) is 4.32. The van der Waals surface area contributed by atoms with E-state index in [9.17, 15) is 17.6 Å². The molecule has 2 rings (SSSR count). The van der Waals surface area contributed by atoms with E-state index < -0.39 is 23.6 Å². The van der Waals surface area contributed by atoms with Gasteiger partial charge in [0, 0.05) is 11.6 Å². The number of nitrogens with one attached hydrogen (secondary N) is 1. The van der Waals surface area contributed by atoms with E-state index >= 15 is 0 Å². The van der Waals surface area contributed by atoms with Gasteiger partial charge in [0.05, 0.1) is 10.6 Å². The Morgan fingerprint density at radius 3 is 2.50 bits per heavy atom. The standard InChI is InChI=1S/C12H12ClF4N/c13-8-5-4-7(12(15,16)17)10(11(8)14)9-3-1-2-6-18-9/h4-5,9,18H,1-3,6H2/t9-/m0/s1. The van der Waals surface area contributed by atoms with Crippen molar-refractivity contribution in [3.63, 3.8) is 0 Å². The number of hydrogen-bond donors (Lipinski definition) is 1. The SMILES string of the molecule is Fc1c(Cl)ccc(C(F)(F)F)c1[C@@H]1CCCCN1. The lowest BCUT2D eigenvalue weighted by Crippen LogP contribution is -2.29. The van der Waals surface area contributed by atoms with Crippen LogP contribution in [-0.2, 0) is 6.18 Å². The first-order valence-corrected chi connectivity index (χ1v) is 6.07. The zero-order valence-electron chi connectivity index (χ0n) is 9.45. The maximum absolute atomic E-state index is 13.9. The number of alkyl halides is 3. The van der Waals surface area contributed by atoms with Gasteiger partial charge in [-0.2, -0.15) is 13.2 Å². The van der Waals surface area contributed by atoms with E-state index in [0.29, 0.717) is 13.0 Å². The van der Waals surface area contributed by atoms with E-state index in [1.807, 2.05) is 0 Å². The summed E-state index contributed by atoms with van der Waals surface area (Å²) in [5.74, 6) is -0.967. The highest BCUT2D eigenvalue weighted by molar-refractivity contribution is 6.30. The Labute approximate surface area is 107 Å². The van der Waals surface area contributed by atoms with Crippen LogP contribution in [0.2, 0.25) is 5.02 Å². The normalized spacial score (nSPS) is 21.1. The Morgan fingerprint density at radius 2 is 1.94 bits per heavy atom. The van der Waals surface area contributed by atoms with Crippen molar-refractivity contribution in [3.8, 4) is 0 Å². The molecule has 0 aromatic heterocycles. The van der Waals surface area contributed by atoms with Crippen molar-refractivity contribution in [3.05, 3.63) is 34.1 Å². The number of benzene rings is 1. The molecule has 0 radical (unpaired) electrons. The van der Waals surface area contributed by atoms with Crippen LogP contribution in [0.15, 0.2) is 12.1 Å². The summed E-state index contributed by atoms with van der Waals surface area (Å²) in [6, 6.07) is 1.18. The van der Waals surface area contributed by atoms with Gasteiger partial charge in [0.2, 0.25) is 0 Å². The van der Waals surface area contributed by atoms with Gasteiger partial charge in [0.25, 0.3) is 0 Å². The Bertz CT molecular complexity index is 438. The minimum atomic E-state index is -4.57. The summed E-state index contributed by atoms with van der Waals surface area (Å²) in [6.07, 6.45) is -2.42. The summed E-state index contributed by atoms with van der Waals surface area (Å²) in [7, 11) is 0. The van der Waals surface area contributed by atoms with Crippen molar-refractivity contribution in [2.24, 2.45) is 0 Å². The van der Waals surface area contributed by atoms with Gasteiger partial charge >= 0.3 is 6.18 Å². The molecule has 1 aromatic rings. The first kappa shape index (κ1) is 13.6. The quantitative estimate of drug-likeness (QED) is 0.756. The van der Waals surface area contributed by atoms with Crippen molar-refractivity contribution in [2.75, 3.05) is 6.54 Å². The third-order valence-corrected chi connectivity index (χ3v) is 3.39. The molecule has 1 atom stereocenters. The lowest BCUT2D eigenvalue weighted by atomic mass is 9.93. The van der Waals surface area contributed by atoms with Gasteiger partial charge in [-0.1, -0.05) is 18.0 Å². The van der Waals surface area contributed by atoms with Crippen LogP contribution in [0, 0.1) is 5.82 Å². The van der Waals surface area contributed by atoms with Crippen molar-refractivity contribution in [1.82, 2.24) is 5.32 Å². The summed E-state index contributed by atoms with van der Waals surface area (Å²) >= 11 is 5.58. The molecule has 1 N–H and O–H groups in total. The summed E-state index contributed by atoms with van der Waals surface area (Å²) in [5.41, 5.74) is -1.29. The fraction of sp³-hybridized carbons (Fsp3) is 0.500. The van der Waals surface area contributed by atoms with Crippen LogP contribution in [-0.4, -0.2) is 6.54 Å². The molecular weight excluding hydrogens is 270 g/mol. The van der Waals surface area contributed by atoms with Gasteiger partial charge in [-0.15, -0.1) is 0 Å². The maximum Gasteiger partial charge on any atom is 0.416 e. The van der Waals surface area contributed by atoms with Crippen LogP contribution in [0.1, 0.15) is 36.4 Å². The third-order valence-electron chi connectivity index (χ3n) is 3.10. The van der Waals surface area contributed by atoms with E-state index in [0.717, 1.165) is 25.0 Å². The summed E-state index contributed by atoms with van der Waals surface area (Å²) in [5, 5.41) is 2.64. The molecule has 1 fully saturated rings. The largest absolute Gasteiger partial charge is 0.416 e. The number of rotatable bonds is 1. The topological polar surface area (TPSA) is 12.0 Å². The van der Waals surface area contributed by atoms with Crippen molar-refractivity contribution in [2.45, 2.75) is 31.5 Å². The molecule has 1 aliphatic rings. The maximum atomic E-state index is 13.9. The van der Waals surface area contributed by atoms with Gasteiger partial charge < -0.3 is 5.32 Å². The molecule has 0 bridgehead atoms. The first-order valence-electron chi connectivity index (χ1n) is 5.69. The predicted octanol–water partition coefficient (Wildman–Crippen LogP) is 4.31. The molecule has 0 aliphatic carbocycles. The van der Waals surface area contributed by atoms with Crippen LogP contribution in [0.3, 0.4) is 0 Å². The molecule has 1 nitrogen and oxygen atoms in total. The monoisotopic (exact) mass is 281 g/mol. The molecule has 0 spiro atoms. The third kappa shape index (κ3) is 2.62. The molecule has 0 saturated carbocycles. The number of hydrogen-bond acceptors (Lipinski definition) is 1. The number of piperidine rings is 1. The van der Waals surface area contributed by atoms with Crippen LogP contribution in [0.25, 0.3) is 0 Å². The summed E-state index contributed by atoms with van der Waals surface area (Å²) in [4.78, 5) is 0. The Balaban J connectivity index is 2.50. The van der Waals surface area contributed by atoms with Crippen LogP contribution in [0.5, 0.6) is 0 Å². The molecule has 1 aliphatic heterocycles. The predicted molar refractivity (Wildman–Crippen MR) is 61.0 cm³/mol. The van der Waals surface area contributed by atoms with Gasteiger partial charge in [0.15, 0.2) is 0 Å². The van der Waals surface area contributed by atoms with Gasteiger partial charge in [-0.3, -0.25) is 0 Å². The molecule has 0 unspecified atom stereocenters. The smallest absolute Gasteiger partial charge is 0.310 e. The van der Waals surface area contributed by atoms with E-state index in [-0.39, 0.29) is 10.6 Å². The van der Waals surface area contributed by atoms with E-state index in [1.54, 1.807) is 0 Å². The minimum absolute atomic E-state index is 0.273.